The number of carbonyl (C=O) groups is 3. The Morgan fingerprint density at radius 1 is 1.15 bits per heavy atom. The first-order chi connectivity index (χ1) is 16.0. The molecule has 0 radical (unpaired) electrons. The van der Waals surface area contributed by atoms with E-state index in [4.69, 9.17) is 4.74 Å². The van der Waals surface area contributed by atoms with Crippen LogP contribution in [0.4, 0.5) is 14.9 Å². The van der Waals surface area contributed by atoms with Gasteiger partial charge in [0.15, 0.2) is 0 Å². The highest BCUT2D eigenvalue weighted by Crippen LogP contribution is 2.54. The molecular formula is C25H32FN3O5. The zero-order valence-corrected chi connectivity index (χ0v) is 20.0. The van der Waals surface area contributed by atoms with Gasteiger partial charge in [0.2, 0.25) is 5.91 Å². The maximum Gasteiger partial charge on any atom is 0.407 e. The van der Waals surface area contributed by atoms with Gasteiger partial charge in [-0.3, -0.25) is 9.59 Å². The smallest absolute Gasteiger partial charge is 0.407 e. The minimum atomic E-state index is -0.942. The normalized spacial score (nSPS) is 29.5. The van der Waals surface area contributed by atoms with Gasteiger partial charge < -0.3 is 24.5 Å². The average molecular weight is 474 g/mol. The van der Waals surface area contributed by atoms with Crippen molar-refractivity contribution in [2.45, 2.75) is 63.5 Å². The molecule has 3 saturated heterocycles. The highest BCUT2D eigenvalue weighted by molar-refractivity contribution is 5.92. The van der Waals surface area contributed by atoms with E-state index in [2.05, 4.69) is 0 Å². The molecule has 9 heteroatoms. The molecule has 4 fully saturated rings. The fourth-order valence-electron chi connectivity index (χ4n) is 6.10. The van der Waals surface area contributed by atoms with Crippen LogP contribution in [0.5, 0.6) is 0 Å². The Labute approximate surface area is 198 Å². The predicted molar refractivity (Wildman–Crippen MR) is 122 cm³/mol. The van der Waals surface area contributed by atoms with E-state index in [0.717, 1.165) is 0 Å². The van der Waals surface area contributed by atoms with Gasteiger partial charge in [-0.1, -0.05) is 19.9 Å². The molecule has 1 aromatic carbocycles. The first-order valence-electron chi connectivity index (χ1n) is 12.0. The number of carbonyl (C=O) groups excluding carboxylic acids is 2. The summed E-state index contributed by atoms with van der Waals surface area (Å²) in [6.07, 6.45) is 1.21. The molecule has 8 nitrogen and oxygen atoms in total. The second kappa shape index (κ2) is 7.58. The third-order valence-corrected chi connectivity index (χ3v) is 8.51. The lowest BCUT2D eigenvalue weighted by Gasteiger charge is -2.39. The van der Waals surface area contributed by atoms with Crippen molar-refractivity contribution >= 4 is 23.7 Å². The van der Waals surface area contributed by atoms with Crippen LogP contribution >= 0.6 is 0 Å². The largest absolute Gasteiger partial charge is 0.465 e. The zero-order chi connectivity index (χ0) is 24.5. The SMILES string of the molecule is CC1CN(c2ccc(C3(C(=O)N4CCC5(C4)OC(=O)CC5(C)C)CC3)c(F)c2)CCN1C(=O)O. The second-order valence-electron chi connectivity index (χ2n) is 11.0. The van der Waals surface area contributed by atoms with Crippen LogP contribution in [-0.2, 0) is 19.7 Å². The summed E-state index contributed by atoms with van der Waals surface area (Å²) in [7, 11) is 0. The number of hydrogen-bond acceptors (Lipinski definition) is 5. The molecule has 0 bridgehead atoms. The summed E-state index contributed by atoms with van der Waals surface area (Å²) in [5.41, 5.74) is -0.739. The lowest BCUT2D eigenvalue weighted by atomic mass is 9.74. The minimum Gasteiger partial charge on any atom is -0.465 e. The van der Waals surface area contributed by atoms with Gasteiger partial charge in [-0.2, -0.15) is 0 Å². The summed E-state index contributed by atoms with van der Waals surface area (Å²) < 4.78 is 21.1. The molecule has 3 heterocycles. The number of ether oxygens (including phenoxy) is 1. The van der Waals surface area contributed by atoms with E-state index in [9.17, 15) is 19.5 Å². The van der Waals surface area contributed by atoms with Gasteiger partial charge in [0.25, 0.3) is 0 Å². The van der Waals surface area contributed by atoms with Crippen LogP contribution in [0.25, 0.3) is 0 Å². The third-order valence-electron chi connectivity index (χ3n) is 8.51. The number of esters is 1. The molecule has 0 aromatic heterocycles. The maximum absolute atomic E-state index is 15.4. The highest BCUT2D eigenvalue weighted by atomic mass is 19.1. The molecule has 34 heavy (non-hydrogen) atoms. The van der Waals surface area contributed by atoms with Gasteiger partial charge in [-0.15, -0.1) is 0 Å². The molecule has 1 saturated carbocycles. The fraction of sp³-hybridized carbons (Fsp3) is 0.640. The van der Waals surface area contributed by atoms with Crippen molar-refractivity contribution in [3.63, 3.8) is 0 Å². The van der Waals surface area contributed by atoms with Crippen LogP contribution in [-0.4, -0.2) is 77.2 Å². The third kappa shape index (κ3) is 3.43. The predicted octanol–water partition coefficient (Wildman–Crippen LogP) is 2.99. The van der Waals surface area contributed by atoms with Gasteiger partial charge in [0, 0.05) is 55.3 Å². The monoisotopic (exact) mass is 473 g/mol. The van der Waals surface area contributed by atoms with E-state index >= 15 is 4.39 Å². The number of likely N-dealkylation sites (tertiary alicyclic amines) is 1. The first kappa shape index (κ1) is 22.9. The molecule has 1 aromatic rings. The van der Waals surface area contributed by atoms with Gasteiger partial charge in [0.05, 0.1) is 18.4 Å². The molecule has 2 amide bonds. The molecule has 184 valence electrons. The number of carboxylic acid groups (broad SMARTS) is 1. The van der Waals surface area contributed by atoms with Crippen LogP contribution in [0.1, 0.15) is 52.0 Å². The lowest BCUT2D eigenvalue weighted by molar-refractivity contribution is -0.151. The summed E-state index contributed by atoms with van der Waals surface area (Å²) in [4.78, 5) is 42.0. The van der Waals surface area contributed by atoms with Crippen molar-refractivity contribution < 1.29 is 28.6 Å². The number of amides is 2. The average Bonchev–Trinajstić information content (AvgIpc) is 3.39. The lowest BCUT2D eigenvalue weighted by Crippen LogP contribution is -2.53. The van der Waals surface area contributed by atoms with Crippen LogP contribution in [0.15, 0.2) is 18.2 Å². The van der Waals surface area contributed by atoms with Gasteiger partial charge in [-0.05, 0) is 31.9 Å². The molecule has 3 aliphatic heterocycles. The molecule has 5 rings (SSSR count). The Balaban J connectivity index is 1.32. The number of anilines is 1. The molecule has 1 aliphatic carbocycles. The number of halogens is 1. The quantitative estimate of drug-likeness (QED) is 0.679. The first-order valence-corrected chi connectivity index (χ1v) is 12.0. The minimum absolute atomic E-state index is 0.0848. The van der Waals surface area contributed by atoms with Gasteiger partial charge >= 0.3 is 12.1 Å². The van der Waals surface area contributed by atoms with Crippen LogP contribution in [0.3, 0.4) is 0 Å². The molecule has 4 aliphatic rings. The van der Waals surface area contributed by atoms with E-state index in [0.29, 0.717) is 69.7 Å². The van der Waals surface area contributed by atoms with E-state index in [1.807, 2.05) is 31.7 Å². The van der Waals surface area contributed by atoms with Crippen molar-refractivity contribution in [2.24, 2.45) is 5.41 Å². The Morgan fingerprint density at radius 2 is 1.88 bits per heavy atom. The molecule has 1 spiro atoms. The topological polar surface area (TPSA) is 90.4 Å². The van der Waals surface area contributed by atoms with Crippen molar-refractivity contribution in [1.29, 1.82) is 0 Å². The highest BCUT2D eigenvalue weighted by Gasteiger charge is 2.62. The van der Waals surface area contributed by atoms with Crippen LogP contribution < -0.4 is 4.90 Å². The van der Waals surface area contributed by atoms with Crippen LogP contribution in [0.2, 0.25) is 0 Å². The molecule has 2 unspecified atom stereocenters. The van der Waals surface area contributed by atoms with E-state index < -0.39 is 22.9 Å². The Hall–Kier alpha value is -2.84. The number of benzene rings is 1. The van der Waals surface area contributed by atoms with Crippen LogP contribution in [0, 0.1) is 11.2 Å². The Morgan fingerprint density at radius 3 is 2.44 bits per heavy atom. The Kier molecular flexibility index (Phi) is 5.11. The van der Waals surface area contributed by atoms with Crippen molar-refractivity contribution in [3.05, 3.63) is 29.6 Å². The Bertz CT molecular complexity index is 1050. The number of hydrogen-bond donors (Lipinski definition) is 1. The summed E-state index contributed by atoms with van der Waals surface area (Å²) >= 11 is 0. The zero-order valence-electron chi connectivity index (χ0n) is 20.0. The number of rotatable bonds is 3. The second-order valence-corrected chi connectivity index (χ2v) is 11.0. The van der Waals surface area contributed by atoms with E-state index in [-0.39, 0.29) is 23.3 Å². The summed E-state index contributed by atoms with van der Waals surface area (Å²) in [6.45, 7) is 8.06. The van der Waals surface area contributed by atoms with Gasteiger partial charge in [-0.25, -0.2) is 9.18 Å². The van der Waals surface area contributed by atoms with Crippen molar-refractivity contribution in [1.82, 2.24) is 9.80 Å². The molecule has 2 atom stereocenters. The molecular weight excluding hydrogens is 441 g/mol. The van der Waals surface area contributed by atoms with Gasteiger partial charge in [0.1, 0.15) is 11.4 Å². The fourth-order valence-corrected chi connectivity index (χ4v) is 6.10. The number of piperazine rings is 1. The van der Waals surface area contributed by atoms with E-state index in [1.165, 1.54) is 11.0 Å². The summed E-state index contributed by atoms with van der Waals surface area (Å²) in [6, 6.07) is 4.83. The van der Waals surface area contributed by atoms with Crippen molar-refractivity contribution in [3.8, 4) is 0 Å². The maximum atomic E-state index is 15.4. The summed E-state index contributed by atoms with van der Waals surface area (Å²) in [5, 5.41) is 9.28. The standard InChI is InChI=1S/C25H32FN3O5/c1-16-14-27(10-11-29(16)22(32)33)17-4-5-18(19(26)12-17)24(6-7-24)21(31)28-9-8-25(15-28)23(2,3)13-20(30)34-25/h4-5,12,16H,6-11,13-15H2,1-3H3,(H,32,33). The van der Waals surface area contributed by atoms with Crippen molar-refractivity contribution in [2.75, 3.05) is 37.6 Å². The number of nitrogens with zero attached hydrogens (tertiary/aromatic N) is 3. The molecule has 1 N–H and O–H groups in total. The summed E-state index contributed by atoms with van der Waals surface area (Å²) in [5.74, 6) is -0.711. The van der Waals surface area contributed by atoms with E-state index in [1.54, 1.807) is 11.0 Å².